The number of carbonyl (C=O) groups excluding carboxylic acids is 3. The van der Waals surface area contributed by atoms with Gasteiger partial charge in [-0.2, -0.15) is 0 Å². The Hall–Kier alpha value is -2.80. The van der Waals surface area contributed by atoms with Gasteiger partial charge >= 0.3 is 0 Å². The van der Waals surface area contributed by atoms with Crippen LogP contribution in [0.4, 0.5) is 4.79 Å². The summed E-state index contributed by atoms with van der Waals surface area (Å²) in [5.74, 6) is 0.127. The van der Waals surface area contributed by atoms with E-state index >= 15 is 0 Å². The molecule has 0 unspecified atom stereocenters. The molecule has 1 aliphatic rings. The summed E-state index contributed by atoms with van der Waals surface area (Å²) < 4.78 is 5.74. The Balaban J connectivity index is 1.89. The Morgan fingerprint density at radius 3 is 2.69 bits per heavy atom. The molecule has 2 aromatic rings. The van der Waals surface area contributed by atoms with Crippen LogP contribution in [0.3, 0.4) is 0 Å². The minimum Gasteiger partial charge on any atom is -0.493 e. The van der Waals surface area contributed by atoms with Crippen molar-refractivity contribution in [2.75, 3.05) is 19.7 Å². The van der Waals surface area contributed by atoms with Gasteiger partial charge in [0, 0.05) is 12.1 Å². The normalized spacial score (nSPS) is 15.6. The second-order valence-corrected chi connectivity index (χ2v) is 8.09. The molecule has 1 fully saturated rings. The van der Waals surface area contributed by atoms with Gasteiger partial charge in [-0.3, -0.25) is 19.3 Å². The van der Waals surface area contributed by atoms with Crippen molar-refractivity contribution in [1.29, 1.82) is 0 Å². The van der Waals surface area contributed by atoms with Crippen molar-refractivity contribution in [1.82, 2.24) is 10.2 Å². The molecule has 0 radical (unpaired) electrons. The summed E-state index contributed by atoms with van der Waals surface area (Å²) in [6.07, 6.45) is 1.68. The monoisotopic (exact) mass is 412 g/mol. The van der Waals surface area contributed by atoms with Crippen LogP contribution in [0.5, 0.6) is 5.75 Å². The van der Waals surface area contributed by atoms with Crippen LogP contribution in [0.25, 0.3) is 16.8 Å². The minimum atomic E-state index is -0.463. The lowest BCUT2D eigenvalue weighted by molar-refractivity contribution is -0.129. The maximum atomic E-state index is 12.8. The van der Waals surface area contributed by atoms with Crippen LogP contribution in [-0.2, 0) is 9.59 Å². The van der Waals surface area contributed by atoms with Gasteiger partial charge in [-0.25, -0.2) is 0 Å². The van der Waals surface area contributed by atoms with Gasteiger partial charge in [-0.05, 0) is 47.5 Å². The molecule has 3 amide bonds. The van der Waals surface area contributed by atoms with Crippen LogP contribution in [0.1, 0.15) is 26.3 Å². The first-order valence-electron chi connectivity index (χ1n) is 9.57. The third kappa shape index (κ3) is 4.79. The highest BCUT2D eigenvalue weighted by atomic mass is 32.2. The molecular formula is C22H24N2O4S. The van der Waals surface area contributed by atoms with Gasteiger partial charge in [-0.15, -0.1) is 0 Å². The van der Waals surface area contributed by atoms with E-state index in [0.29, 0.717) is 18.9 Å². The summed E-state index contributed by atoms with van der Waals surface area (Å²) in [7, 11) is 0. The van der Waals surface area contributed by atoms with Gasteiger partial charge in [0.05, 0.1) is 11.5 Å². The van der Waals surface area contributed by atoms with E-state index in [4.69, 9.17) is 4.74 Å². The molecule has 0 saturated carbocycles. The van der Waals surface area contributed by atoms with Crippen molar-refractivity contribution < 1.29 is 19.1 Å². The van der Waals surface area contributed by atoms with Crippen molar-refractivity contribution in [2.24, 2.45) is 5.92 Å². The first kappa shape index (κ1) is 20.9. The summed E-state index contributed by atoms with van der Waals surface area (Å²) in [4.78, 5) is 38.5. The molecule has 29 heavy (non-hydrogen) atoms. The Morgan fingerprint density at radius 1 is 1.21 bits per heavy atom. The third-order valence-electron chi connectivity index (χ3n) is 4.39. The minimum absolute atomic E-state index is 0.275. The molecule has 1 saturated heterocycles. The molecule has 1 heterocycles. The predicted octanol–water partition coefficient (Wildman–Crippen LogP) is 4.05. The molecule has 1 aliphatic heterocycles. The van der Waals surface area contributed by atoms with E-state index in [1.807, 2.05) is 57.2 Å². The number of hydrogen-bond donors (Lipinski definition) is 1. The summed E-state index contributed by atoms with van der Waals surface area (Å²) in [5, 5.41) is 4.22. The van der Waals surface area contributed by atoms with Crippen molar-refractivity contribution in [3.05, 3.63) is 46.9 Å². The highest BCUT2D eigenvalue weighted by Crippen LogP contribution is 2.36. The number of benzene rings is 2. The molecule has 0 aliphatic carbocycles. The Labute approximate surface area is 174 Å². The second-order valence-electron chi connectivity index (χ2n) is 7.10. The van der Waals surface area contributed by atoms with Crippen LogP contribution in [-0.4, -0.2) is 41.6 Å². The smallest absolute Gasteiger partial charge is 0.294 e. The molecule has 0 bridgehead atoms. The van der Waals surface area contributed by atoms with Crippen LogP contribution in [0.15, 0.2) is 41.3 Å². The number of ether oxygens (including phenoxy) is 1. The van der Waals surface area contributed by atoms with Crippen molar-refractivity contribution >= 4 is 45.7 Å². The lowest BCUT2D eigenvalue weighted by Gasteiger charge is -2.13. The van der Waals surface area contributed by atoms with E-state index in [1.54, 1.807) is 6.08 Å². The van der Waals surface area contributed by atoms with Crippen LogP contribution in [0, 0.1) is 5.92 Å². The number of imide groups is 1. The van der Waals surface area contributed by atoms with Gasteiger partial charge in [0.15, 0.2) is 0 Å². The number of rotatable bonds is 7. The molecular weight excluding hydrogens is 388 g/mol. The topological polar surface area (TPSA) is 75.7 Å². The van der Waals surface area contributed by atoms with E-state index in [1.165, 1.54) is 0 Å². The third-order valence-corrected chi connectivity index (χ3v) is 5.30. The molecule has 2 aromatic carbocycles. The molecule has 7 heteroatoms. The zero-order chi connectivity index (χ0) is 21.0. The second kappa shape index (κ2) is 9.13. The number of hydrogen-bond acceptors (Lipinski definition) is 5. The quantitative estimate of drug-likeness (QED) is 0.695. The first-order chi connectivity index (χ1) is 13.9. The highest BCUT2D eigenvalue weighted by Gasteiger charge is 2.36. The van der Waals surface area contributed by atoms with Crippen molar-refractivity contribution in [3.8, 4) is 5.75 Å². The van der Waals surface area contributed by atoms with Gasteiger partial charge in [0.1, 0.15) is 12.3 Å². The molecule has 152 valence electrons. The zero-order valence-electron chi connectivity index (χ0n) is 16.7. The number of nitrogens with one attached hydrogen (secondary N) is 1. The summed E-state index contributed by atoms with van der Waals surface area (Å²) in [5.41, 5.74) is 0.750. The van der Waals surface area contributed by atoms with Crippen LogP contribution in [0.2, 0.25) is 0 Å². The fourth-order valence-electron chi connectivity index (χ4n) is 2.99. The zero-order valence-corrected chi connectivity index (χ0v) is 17.5. The fourth-order valence-corrected chi connectivity index (χ4v) is 3.81. The van der Waals surface area contributed by atoms with Gasteiger partial charge in [0.25, 0.3) is 11.1 Å². The molecule has 6 nitrogen and oxygen atoms in total. The van der Waals surface area contributed by atoms with Gasteiger partial charge in [-0.1, -0.05) is 44.2 Å². The molecule has 3 rings (SSSR count). The number of carbonyl (C=O) groups is 3. The van der Waals surface area contributed by atoms with E-state index in [-0.39, 0.29) is 23.3 Å². The van der Waals surface area contributed by atoms with Crippen LogP contribution >= 0.6 is 11.8 Å². The first-order valence-corrected chi connectivity index (χ1v) is 10.4. The van der Waals surface area contributed by atoms with E-state index in [2.05, 4.69) is 5.32 Å². The summed E-state index contributed by atoms with van der Waals surface area (Å²) in [6.45, 7) is 6.55. The Bertz CT molecular complexity index is 984. The summed E-state index contributed by atoms with van der Waals surface area (Å²) in [6, 6.07) is 11.6. The lowest BCUT2D eigenvalue weighted by Crippen LogP contribution is -2.40. The number of fused-ring (bicyclic) bond motifs is 1. The molecule has 0 aromatic heterocycles. The maximum absolute atomic E-state index is 12.8. The Kier molecular flexibility index (Phi) is 6.59. The van der Waals surface area contributed by atoms with Crippen LogP contribution < -0.4 is 10.1 Å². The van der Waals surface area contributed by atoms with Crippen molar-refractivity contribution in [3.63, 3.8) is 0 Å². The van der Waals surface area contributed by atoms with E-state index in [0.717, 1.165) is 33.0 Å². The Morgan fingerprint density at radius 2 is 1.97 bits per heavy atom. The summed E-state index contributed by atoms with van der Waals surface area (Å²) >= 11 is 0.841. The number of nitrogens with zero attached hydrogens (tertiary/aromatic N) is 1. The molecule has 1 N–H and O–H groups in total. The van der Waals surface area contributed by atoms with Crippen molar-refractivity contribution in [2.45, 2.75) is 20.8 Å². The fraction of sp³-hybridized carbons (Fsp3) is 0.318. The van der Waals surface area contributed by atoms with Gasteiger partial charge < -0.3 is 10.1 Å². The van der Waals surface area contributed by atoms with Gasteiger partial charge in [0.2, 0.25) is 5.91 Å². The highest BCUT2D eigenvalue weighted by molar-refractivity contribution is 8.18. The van der Waals surface area contributed by atoms with E-state index < -0.39 is 11.1 Å². The van der Waals surface area contributed by atoms with E-state index in [9.17, 15) is 14.4 Å². The maximum Gasteiger partial charge on any atom is 0.294 e. The average molecular weight is 413 g/mol. The number of amides is 3. The SMILES string of the molecule is CCOc1ccc2ccccc2c1/C=C1\SC(=O)N(CC(=O)NCC(C)C)C1=O. The number of thioether (sulfide) groups is 1. The lowest BCUT2D eigenvalue weighted by atomic mass is 10.0. The molecule has 0 atom stereocenters. The average Bonchev–Trinajstić information content (AvgIpc) is 2.95. The standard InChI is InChI=1S/C22H24N2O4S/c1-4-28-18-10-9-15-7-5-6-8-16(15)17(18)11-19-21(26)24(22(27)29-19)13-20(25)23-12-14(2)3/h5-11,14H,4,12-13H2,1-3H3,(H,23,25)/b19-11-. The molecule has 0 spiro atoms. The predicted molar refractivity (Wildman–Crippen MR) is 116 cm³/mol. The largest absolute Gasteiger partial charge is 0.493 e.